The Morgan fingerprint density at radius 1 is 1.00 bits per heavy atom. The zero-order chi connectivity index (χ0) is 23.8. The van der Waals surface area contributed by atoms with Gasteiger partial charge in [0, 0.05) is 28.9 Å². The fourth-order valence-corrected chi connectivity index (χ4v) is 4.04. The van der Waals surface area contributed by atoms with Gasteiger partial charge in [0.2, 0.25) is 12.0 Å². The standard InChI is InChI=1S/C26H22F2N2O4/c1-33-19-10-8-18(9-11-19)30-23(21-13-16(27)7-12-22(21)28)24(26(30)32)34-20-4-2-3-17(14-20)29-25(31)15-5-6-15/h2-4,7-15,23-24H,5-6H2,1H3,(H,29,31)/t23-,24-/m0/s1. The van der Waals surface area contributed by atoms with E-state index in [4.69, 9.17) is 9.47 Å². The summed E-state index contributed by atoms with van der Waals surface area (Å²) in [7, 11) is 1.53. The second-order valence-corrected chi connectivity index (χ2v) is 8.35. The van der Waals surface area contributed by atoms with Gasteiger partial charge in [-0.05, 0) is 67.4 Å². The quantitative estimate of drug-likeness (QED) is 0.508. The number of rotatable bonds is 7. The van der Waals surface area contributed by atoms with Crippen LogP contribution in [0.5, 0.6) is 11.5 Å². The summed E-state index contributed by atoms with van der Waals surface area (Å²) in [5, 5.41) is 2.83. The van der Waals surface area contributed by atoms with E-state index in [0.717, 1.165) is 31.0 Å². The molecule has 1 aliphatic heterocycles. The van der Waals surface area contributed by atoms with Gasteiger partial charge in [0.15, 0.2) is 0 Å². The van der Waals surface area contributed by atoms with Crippen molar-refractivity contribution in [2.24, 2.45) is 5.92 Å². The van der Waals surface area contributed by atoms with Crippen LogP contribution in [0.4, 0.5) is 20.2 Å². The molecule has 1 aliphatic carbocycles. The molecule has 2 fully saturated rings. The SMILES string of the molecule is COc1ccc(N2C(=O)[C@@H](Oc3cccc(NC(=O)C4CC4)c3)[C@@H]2c2cc(F)ccc2F)cc1. The molecule has 1 heterocycles. The molecule has 1 N–H and O–H groups in total. The number of methoxy groups -OCH3 is 1. The number of halogens is 2. The lowest BCUT2D eigenvalue weighted by Gasteiger charge is -2.46. The van der Waals surface area contributed by atoms with Crippen molar-refractivity contribution in [2.45, 2.75) is 25.0 Å². The first-order chi connectivity index (χ1) is 16.4. The molecule has 1 saturated heterocycles. The van der Waals surface area contributed by atoms with Gasteiger partial charge in [0.25, 0.3) is 5.91 Å². The maximum Gasteiger partial charge on any atom is 0.271 e. The van der Waals surface area contributed by atoms with Crippen molar-refractivity contribution in [1.82, 2.24) is 0 Å². The van der Waals surface area contributed by atoms with Crippen LogP contribution in [0.2, 0.25) is 0 Å². The Hall–Kier alpha value is -3.94. The lowest BCUT2D eigenvalue weighted by molar-refractivity contribution is -0.135. The molecule has 0 radical (unpaired) electrons. The largest absolute Gasteiger partial charge is 0.497 e. The molecule has 1 saturated carbocycles. The average Bonchev–Trinajstić information content (AvgIpc) is 3.69. The van der Waals surface area contributed by atoms with Crippen LogP contribution in [0.3, 0.4) is 0 Å². The summed E-state index contributed by atoms with van der Waals surface area (Å²) in [5.41, 5.74) is 1.06. The van der Waals surface area contributed by atoms with Gasteiger partial charge >= 0.3 is 0 Å². The third kappa shape index (κ3) is 4.19. The molecule has 0 aromatic heterocycles. The van der Waals surface area contributed by atoms with Gasteiger partial charge in [-0.2, -0.15) is 0 Å². The molecule has 2 aliphatic rings. The molecule has 2 amide bonds. The first-order valence-electron chi connectivity index (χ1n) is 10.9. The number of benzene rings is 3. The van der Waals surface area contributed by atoms with E-state index in [1.54, 1.807) is 48.5 Å². The summed E-state index contributed by atoms with van der Waals surface area (Å²) < 4.78 is 39.9. The van der Waals surface area contributed by atoms with E-state index in [0.29, 0.717) is 22.9 Å². The summed E-state index contributed by atoms with van der Waals surface area (Å²) in [5.74, 6) is -0.735. The number of anilines is 2. The third-order valence-electron chi connectivity index (χ3n) is 5.99. The molecule has 3 aromatic carbocycles. The molecule has 174 valence electrons. The monoisotopic (exact) mass is 464 g/mol. The van der Waals surface area contributed by atoms with Crippen molar-refractivity contribution in [3.8, 4) is 11.5 Å². The van der Waals surface area contributed by atoms with Gasteiger partial charge in [0.1, 0.15) is 29.2 Å². The van der Waals surface area contributed by atoms with Crippen molar-refractivity contribution in [1.29, 1.82) is 0 Å². The van der Waals surface area contributed by atoms with E-state index in [-0.39, 0.29) is 17.4 Å². The highest BCUT2D eigenvalue weighted by Gasteiger charge is 2.52. The van der Waals surface area contributed by atoms with Gasteiger partial charge < -0.3 is 14.8 Å². The molecule has 0 spiro atoms. The smallest absolute Gasteiger partial charge is 0.271 e. The van der Waals surface area contributed by atoms with Crippen LogP contribution in [0, 0.1) is 17.6 Å². The topological polar surface area (TPSA) is 67.9 Å². The highest BCUT2D eigenvalue weighted by molar-refractivity contribution is 6.05. The van der Waals surface area contributed by atoms with Gasteiger partial charge in [-0.25, -0.2) is 8.78 Å². The molecule has 2 atom stereocenters. The number of carbonyl (C=O) groups excluding carboxylic acids is 2. The van der Waals surface area contributed by atoms with Gasteiger partial charge in [-0.15, -0.1) is 0 Å². The van der Waals surface area contributed by atoms with Crippen LogP contribution in [0.15, 0.2) is 66.7 Å². The minimum atomic E-state index is -1.08. The highest BCUT2D eigenvalue weighted by Crippen LogP contribution is 2.43. The van der Waals surface area contributed by atoms with Crippen molar-refractivity contribution < 1.29 is 27.8 Å². The maximum absolute atomic E-state index is 14.7. The number of hydrogen-bond acceptors (Lipinski definition) is 4. The van der Waals surface area contributed by atoms with Crippen LogP contribution in [-0.4, -0.2) is 25.0 Å². The lowest BCUT2D eigenvalue weighted by Crippen LogP contribution is -2.62. The molecular weight excluding hydrogens is 442 g/mol. The van der Waals surface area contributed by atoms with E-state index in [1.807, 2.05) is 0 Å². The van der Waals surface area contributed by atoms with Gasteiger partial charge in [0.05, 0.1) is 7.11 Å². The zero-order valence-electron chi connectivity index (χ0n) is 18.3. The molecule has 6 nitrogen and oxygen atoms in total. The van der Waals surface area contributed by atoms with Crippen molar-refractivity contribution >= 4 is 23.2 Å². The first-order valence-corrected chi connectivity index (χ1v) is 10.9. The number of carbonyl (C=O) groups is 2. The number of amides is 2. The molecular formula is C26H22F2N2O4. The Bertz CT molecular complexity index is 1240. The first kappa shape index (κ1) is 21.9. The normalized spacial score (nSPS) is 19.4. The molecule has 0 bridgehead atoms. The fourth-order valence-electron chi connectivity index (χ4n) is 4.04. The van der Waals surface area contributed by atoms with Crippen molar-refractivity contribution in [3.05, 3.63) is 83.9 Å². The van der Waals surface area contributed by atoms with Crippen LogP contribution in [-0.2, 0) is 9.59 Å². The van der Waals surface area contributed by atoms with E-state index >= 15 is 0 Å². The van der Waals surface area contributed by atoms with Gasteiger partial charge in [-0.1, -0.05) is 6.07 Å². The number of hydrogen-bond donors (Lipinski definition) is 1. The Morgan fingerprint density at radius 2 is 1.76 bits per heavy atom. The minimum absolute atomic E-state index is 0.0126. The number of nitrogens with zero attached hydrogens (tertiary/aromatic N) is 1. The van der Waals surface area contributed by atoms with Crippen molar-refractivity contribution in [3.63, 3.8) is 0 Å². The Balaban J connectivity index is 1.44. The molecule has 8 heteroatoms. The number of β-lactam (4-membered cyclic amide) rings is 1. The molecule has 5 rings (SSSR count). The fraction of sp³-hybridized carbons (Fsp3) is 0.231. The zero-order valence-corrected chi connectivity index (χ0v) is 18.3. The summed E-state index contributed by atoms with van der Waals surface area (Å²) in [6, 6.07) is 15.6. The predicted octanol–water partition coefficient (Wildman–Crippen LogP) is 4.86. The Kier molecular flexibility index (Phi) is 5.65. The van der Waals surface area contributed by atoms with E-state index in [9.17, 15) is 18.4 Å². The minimum Gasteiger partial charge on any atom is -0.497 e. The van der Waals surface area contributed by atoms with E-state index in [2.05, 4.69) is 5.32 Å². The predicted molar refractivity (Wildman–Crippen MR) is 122 cm³/mol. The summed E-state index contributed by atoms with van der Waals surface area (Å²) in [4.78, 5) is 26.6. The summed E-state index contributed by atoms with van der Waals surface area (Å²) >= 11 is 0. The Labute approximate surface area is 195 Å². The second kappa shape index (κ2) is 8.78. The van der Waals surface area contributed by atoms with Crippen LogP contribution < -0.4 is 19.7 Å². The second-order valence-electron chi connectivity index (χ2n) is 8.35. The average molecular weight is 464 g/mol. The maximum atomic E-state index is 14.7. The van der Waals surface area contributed by atoms with Gasteiger partial charge in [-0.3, -0.25) is 14.5 Å². The van der Waals surface area contributed by atoms with Crippen LogP contribution in [0.1, 0.15) is 24.4 Å². The van der Waals surface area contributed by atoms with E-state index in [1.165, 1.54) is 12.0 Å². The number of nitrogens with one attached hydrogen (secondary N) is 1. The van der Waals surface area contributed by atoms with E-state index < -0.39 is 29.7 Å². The summed E-state index contributed by atoms with van der Waals surface area (Å²) in [6.07, 6.45) is 0.675. The third-order valence-corrected chi connectivity index (χ3v) is 5.99. The molecule has 3 aromatic rings. The highest BCUT2D eigenvalue weighted by atomic mass is 19.1. The lowest BCUT2D eigenvalue weighted by atomic mass is 9.89. The molecule has 0 unspecified atom stereocenters. The van der Waals surface area contributed by atoms with Crippen LogP contribution >= 0.6 is 0 Å². The molecule has 34 heavy (non-hydrogen) atoms. The Morgan fingerprint density at radius 3 is 2.47 bits per heavy atom. The van der Waals surface area contributed by atoms with Crippen molar-refractivity contribution in [2.75, 3.05) is 17.3 Å². The number of ether oxygens (including phenoxy) is 2. The van der Waals surface area contributed by atoms with Crippen LogP contribution in [0.25, 0.3) is 0 Å². The summed E-state index contributed by atoms with van der Waals surface area (Å²) in [6.45, 7) is 0.